The van der Waals surface area contributed by atoms with Gasteiger partial charge in [0, 0.05) is 23.4 Å². The number of hydrogen-bond acceptors (Lipinski definition) is 2. The maximum Gasteiger partial charge on any atom is 0.416 e. The van der Waals surface area contributed by atoms with Gasteiger partial charge in [-0.2, -0.15) is 13.2 Å². The van der Waals surface area contributed by atoms with E-state index in [0.29, 0.717) is 24.2 Å². The summed E-state index contributed by atoms with van der Waals surface area (Å²) in [5, 5.41) is 0. The molecule has 0 saturated heterocycles. The number of fused-ring (bicyclic) bond motifs is 1. The van der Waals surface area contributed by atoms with E-state index in [0.717, 1.165) is 17.7 Å². The van der Waals surface area contributed by atoms with E-state index in [4.69, 9.17) is 0 Å². The number of anilines is 1. The van der Waals surface area contributed by atoms with Crippen LogP contribution in [0.1, 0.15) is 38.8 Å². The van der Waals surface area contributed by atoms with Crippen molar-refractivity contribution in [1.29, 1.82) is 0 Å². The van der Waals surface area contributed by atoms with Crippen molar-refractivity contribution in [3.8, 4) is 0 Å². The van der Waals surface area contributed by atoms with E-state index < -0.39 is 11.7 Å². The fraction of sp³-hybridized carbons (Fsp3) is 0.222. The number of nitrogens with zero attached hydrogens (tertiary/aromatic N) is 1. The second-order valence-electron chi connectivity index (χ2n) is 5.68. The van der Waals surface area contributed by atoms with Crippen molar-refractivity contribution in [2.75, 3.05) is 11.4 Å². The molecular formula is C18H14F3NO2. The lowest BCUT2D eigenvalue weighted by molar-refractivity contribution is -0.137. The maximum absolute atomic E-state index is 12.6. The zero-order valence-corrected chi connectivity index (χ0v) is 12.9. The molecule has 1 heterocycles. The third-order valence-corrected chi connectivity index (χ3v) is 4.09. The van der Waals surface area contributed by atoms with Crippen molar-refractivity contribution in [3.05, 3.63) is 64.7 Å². The number of Topliss-reactive ketones (excluding diaryl/α,β-unsaturated/α-hetero) is 1. The summed E-state index contributed by atoms with van der Waals surface area (Å²) in [6.45, 7) is 1.92. The number of ketones is 1. The minimum absolute atomic E-state index is 0.0506. The molecule has 2 aromatic rings. The second-order valence-corrected chi connectivity index (χ2v) is 5.68. The highest BCUT2D eigenvalue weighted by molar-refractivity contribution is 6.07. The van der Waals surface area contributed by atoms with Crippen LogP contribution in [-0.2, 0) is 12.6 Å². The van der Waals surface area contributed by atoms with Gasteiger partial charge in [-0.3, -0.25) is 9.59 Å². The van der Waals surface area contributed by atoms with Gasteiger partial charge in [-0.1, -0.05) is 0 Å². The fourth-order valence-electron chi connectivity index (χ4n) is 2.79. The monoisotopic (exact) mass is 333 g/mol. The SMILES string of the molecule is CC(=O)c1ccc2c(c1)CCN2C(=O)c1ccc(C(F)(F)F)cc1. The lowest BCUT2D eigenvalue weighted by atomic mass is 10.1. The van der Waals surface area contributed by atoms with Gasteiger partial charge in [-0.05, 0) is 61.4 Å². The Labute approximate surface area is 136 Å². The molecule has 0 bridgehead atoms. The van der Waals surface area contributed by atoms with Crippen LogP contribution >= 0.6 is 0 Å². The van der Waals surface area contributed by atoms with E-state index in [2.05, 4.69) is 0 Å². The largest absolute Gasteiger partial charge is 0.416 e. The Hall–Kier alpha value is -2.63. The van der Waals surface area contributed by atoms with Crippen molar-refractivity contribution >= 4 is 17.4 Å². The first-order valence-corrected chi connectivity index (χ1v) is 7.40. The van der Waals surface area contributed by atoms with Crippen molar-refractivity contribution in [2.45, 2.75) is 19.5 Å². The highest BCUT2D eigenvalue weighted by Gasteiger charge is 2.31. The highest BCUT2D eigenvalue weighted by atomic mass is 19.4. The Morgan fingerprint density at radius 3 is 2.21 bits per heavy atom. The number of rotatable bonds is 2. The third-order valence-electron chi connectivity index (χ3n) is 4.09. The molecule has 0 fully saturated rings. The molecule has 3 nitrogen and oxygen atoms in total. The zero-order chi connectivity index (χ0) is 17.5. The number of carbonyl (C=O) groups is 2. The number of carbonyl (C=O) groups excluding carboxylic acids is 2. The Bertz CT molecular complexity index is 810. The van der Waals surface area contributed by atoms with Crippen LogP contribution in [0.2, 0.25) is 0 Å². The van der Waals surface area contributed by atoms with Crippen LogP contribution in [0.3, 0.4) is 0 Å². The predicted molar refractivity (Wildman–Crippen MR) is 83.3 cm³/mol. The summed E-state index contributed by atoms with van der Waals surface area (Å²) in [5.41, 5.74) is 1.59. The number of hydrogen-bond donors (Lipinski definition) is 0. The highest BCUT2D eigenvalue weighted by Crippen LogP contribution is 2.32. The van der Waals surface area contributed by atoms with Crippen molar-refractivity contribution in [2.24, 2.45) is 0 Å². The quantitative estimate of drug-likeness (QED) is 0.776. The molecule has 0 aliphatic carbocycles. The van der Waals surface area contributed by atoms with Gasteiger partial charge in [-0.15, -0.1) is 0 Å². The average molecular weight is 333 g/mol. The molecule has 0 atom stereocenters. The summed E-state index contributed by atoms with van der Waals surface area (Å²) < 4.78 is 37.8. The second kappa shape index (κ2) is 5.78. The number of alkyl halides is 3. The molecule has 124 valence electrons. The lowest BCUT2D eigenvalue weighted by Gasteiger charge is -2.18. The number of halogens is 3. The molecule has 0 saturated carbocycles. The van der Waals surface area contributed by atoms with Gasteiger partial charge in [0.2, 0.25) is 0 Å². The summed E-state index contributed by atoms with van der Waals surface area (Å²) in [6, 6.07) is 9.31. The van der Waals surface area contributed by atoms with E-state index in [1.807, 2.05) is 0 Å². The molecule has 6 heteroatoms. The van der Waals surface area contributed by atoms with Gasteiger partial charge < -0.3 is 4.90 Å². The summed E-state index contributed by atoms with van der Waals surface area (Å²) in [5.74, 6) is -0.400. The summed E-state index contributed by atoms with van der Waals surface area (Å²) in [7, 11) is 0. The molecule has 0 unspecified atom stereocenters. The van der Waals surface area contributed by atoms with Gasteiger partial charge in [0.1, 0.15) is 0 Å². The van der Waals surface area contributed by atoms with Gasteiger partial charge in [0.25, 0.3) is 5.91 Å². The average Bonchev–Trinajstić information content (AvgIpc) is 2.96. The van der Waals surface area contributed by atoms with E-state index >= 15 is 0 Å². The molecule has 3 rings (SSSR count). The maximum atomic E-state index is 12.6. The van der Waals surface area contributed by atoms with E-state index in [-0.39, 0.29) is 17.3 Å². The van der Waals surface area contributed by atoms with Crippen LogP contribution in [-0.4, -0.2) is 18.2 Å². The van der Waals surface area contributed by atoms with Crippen LogP contribution in [0.15, 0.2) is 42.5 Å². The third kappa shape index (κ3) is 2.91. The molecule has 0 aromatic heterocycles. The molecule has 0 N–H and O–H groups in total. The Morgan fingerprint density at radius 1 is 1.00 bits per heavy atom. The smallest absolute Gasteiger partial charge is 0.308 e. The van der Waals surface area contributed by atoms with E-state index in [1.165, 1.54) is 24.0 Å². The summed E-state index contributed by atoms with van der Waals surface area (Å²) in [6.07, 6.45) is -3.81. The molecule has 1 aliphatic rings. The molecule has 24 heavy (non-hydrogen) atoms. The van der Waals surface area contributed by atoms with E-state index in [1.54, 1.807) is 18.2 Å². The summed E-state index contributed by atoms with van der Waals surface area (Å²) in [4.78, 5) is 25.5. The predicted octanol–water partition coefficient (Wildman–Crippen LogP) is 4.11. The molecule has 1 amide bonds. The number of amides is 1. The minimum Gasteiger partial charge on any atom is -0.308 e. The standard InChI is InChI=1S/C18H14F3NO2/c1-11(23)13-4-7-16-14(10-13)8-9-22(16)17(24)12-2-5-15(6-3-12)18(19,20)21/h2-7,10H,8-9H2,1H3. The van der Waals surface area contributed by atoms with Crippen molar-refractivity contribution in [3.63, 3.8) is 0 Å². The van der Waals surface area contributed by atoms with Crippen LogP contribution < -0.4 is 4.90 Å². The summed E-state index contributed by atoms with van der Waals surface area (Å²) >= 11 is 0. The van der Waals surface area contributed by atoms with Crippen LogP contribution in [0.25, 0.3) is 0 Å². The van der Waals surface area contributed by atoms with Crippen molar-refractivity contribution < 1.29 is 22.8 Å². The van der Waals surface area contributed by atoms with Gasteiger partial charge in [-0.25, -0.2) is 0 Å². The van der Waals surface area contributed by atoms with Gasteiger partial charge in [0.05, 0.1) is 5.56 Å². The number of benzene rings is 2. The first-order valence-electron chi connectivity index (χ1n) is 7.40. The fourth-order valence-corrected chi connectivity index (χ4v) is 2.79. The van der Waals surface area contributed by atoms with Crippen molar-refractivity contribution in [1.82, 2.24) is 0 Å². The Morgan fingerprint density at radius 2 is 1.62 bits per heavy atom. The van der Waals surface area contributed by atoms with Crippen LogP contribution in [0.5, 0.6) is 0 Å². The molecule has 2 aromatic carbocycles. The topological polar surface area (TPSA) is 37.4 Å². The first-order chi connectivity index (χ1) is 11.3. The Kier molecular flexibility index (Phi) is 3.91. The first kappa shape index (κ1) is 16.2. The normalized spacial score (nSPS) is 13.8. The minimum atomic E-state index is -4.43. The lowest BCUT2D eigenvalue weighted by Crippen LogP contribution is -2.28. The molecule has 1 aliphatic heterocycles. The Balaban J connectivity index is 1.87. The molecule has 0 radical (unpaired) electrons. The zero-order valence-electron chi connectivity index (χ0n) is 12.9. The molecule has 0 spiro atoms. The van der Waals surface area contributed by atoms with E-state index in [9.17, 15) is 22.8 Å². The van der Waals surface area contributed by atoms with Gasteiger partial charge in [0.15, 0.2) is 5.78 Å². The van der Waals surface area contributed by atoms with Gasteiger partial charge >= 0.3 is 6.18 Å². The van der Waals surface area contributed by atoms with Crippen LogP contribution in [0, 0.1) is 0 Å². The van der Waals surface area contributed by atoms with Crippen LogP contribution in [0.4, 0.5) is 18.9 Å². The molecular weight excluding hydrogens is 319 g/mol.